The molecule has 0 bridgehead atoms. The highest BCUT2D eigenvalue weighted by Gasteiger charge is 2.38. The Morgan fingerprint density at radius 3 is 2.32 bits per heavy atom. The van der Waals surface area contributed by atoms with E-state index in [1.54, 1.807) is 56.8 Å². The van der Waals surface area contributed by atoms with Gasteiger partial charge in [-0.05, 0) is 72.9 Å². The normalized spacial score (nSPS) is 15.4. The molecule has 1 saturated heterocycles. The van der Waals surface area contributed by atoms with Crippen LogP contribution in [0.1, 0.15) is 24.3 Å². The minimum Gasteiger partial charge on any atom is -0.493 e. The van der Waals surface area contributed by atoms with Gasteiger partial charge in [-0.25, -0.2) is 9.69 Å². The van der Waals surface area contributed by atoms with E-state index in [0.29, 0.717) is 45.8 Å². The second kappa shape index (κ2) is 9.13. The fourth-order valence-corrected chi connectivity index (χ4v) is 4.65. The van der Waals surface area contributed by atoms with Crippen molar-refractivity contribution in [2.75, 3.05) is 30.6 Å². The van der Waals surface area contributed by atoms with E-state index in [1.807, 2.05) is 24.3 Å². The van der Waals surface area contributed by atoms with Crippen LogP contribution in [0.2, 0.25) is 0 Å². The highest BCUT2D eigenvalue weighted by Crippen LogP contribution is 2.41. The molecule has 8 nitrogen and oxygen atoms in total. The third-order valence-electron chi connectivity index (χ3n) is 6.73. The Bertz CT molecular complexity index is 1510. The predicted molar refractivity (Wildman–Crippen MR) is 140 cm³/mol. The summed E-state index contributed by atoms with van der Waals surface area (Å²) in [6.07, 6.45) is 3.98. The number of urea groups is 1. The van der Waals surface area contributed by atoms with Gasteiger partial charge in [0.25, 0.3) is 5.91 Å². The van der Waals surface area contributed by atoms with Crippen LogP contribution in [0, 0.1) is 0 Å². The van der Waals surface area contributed by atoms with Crippen molar-refractivity contribution in [3.8, 4) is 23.0 Å². The Morgan fingerprint density at radius 1 is 0.838 bits per heavy atom. The number of aromatic nitrogens is 1. The molecule has 1 aliphatic heterocycles. The molecule has 8 heteroatoms. The van der Waals surface area contributed by atoms with Gasteiger partial charge in [0.2, 0.25) is 0 Å². The van der Waals surface area contributed by atoms with Gasteiger partial charge in [0.15, 0.2) is 11.5 Å². The summed E-state index contributed by atoms with van der Waals surface area (Å²) in [5.74, 6) is 2.64. The number of methoxy groups -OCH3 is 2. The highest BCUT2D eigenvalue weighted by atomic mass is 16.5. The van der Waals surface area contributed by atoms with E-state index in [4.69, 9.17) is 14.2 Å². The molecule has 2 aliphatic rings. The SMILES string of the molecule is COc1cc2nccc(Oc3ccc(N4CC(=O)N(c5cccc(C6CC6)c5)C4=O)cc3)c2cc1OC. The molecule has 1 saturated carbocycles. The summed E-state index contributed by atoms with van der Waals surface area (Å²) in [6.45, 7) is -0.0106. The molecule has 0 atom stereocenters. The van der Waals surface area contributed by atoms with Crippen LogP contribution in [-0.4, -0.2) is 37.7 Å². The maximum Gasteiger partial charge on any atom is 0.336 e. The molecule has 6 rings (SSSR count). The van der Waals surface area contributed by atoms with Crippen molar-refractivity contribution >= 4 is 34.2 Å². The Hall–Kier alpha value is -4.59. The van der Waals surface area contributed by atoms with Crippen molar-refractivity contribution in [2.24, 2.45) is 0 Å². The number of carbonyl (C=O) groups excluding carboxylic acids is 2. The third-order valence-corrected chi connectivity index (χ3v) is 6.73. The first-order chi connectivity index (χ1) is 18.1. The molecule has 0 radical (unpaired) electrons. The molecule has 3 amide bonds. The number of ether oxygens (including phenoxy) is 3. The standard InChI is InChI=1S/C29H25N3O5/c1-35-26-15-23-24(16-27(26)36-2)30-13-12-25(23)37-22-10-8-20(9-11-22)31-17-28(33)32(29(31)34)21-5-3-4-19(14-21)18-6-7-18/h3-5,8-16,18H,6-7,17H2,1-2H3. The molecule has 0 spiro atoms. The van der Waals surface area contributed by atoms with Crippen molar-refractivity contribution in [1.82, 2.24) is 4.98 Å². The van der Waals surface area contributed by atoms with Gasteiger partial charge in [0, 0.05) is 23.3 Å². The number of rotatable bonds is 7. The summed E-state index contributed by atoms with van der Waals surface area (Å²) in [6, 6.07) is 19.9. The van der Waals surface area contributed by atoms with Gasteiger partial charge < -0.3 is 14.2 Å². The van der Waals surface area contributed by atoms with Crippen LogP contribution in [0.5, 0.6) is 23.0 Å². The van der Waals surface area contributed by atoms with Crippen LogP contribution < -0.4 is 24.0 Å². The number of anilines is 2. The molecular weight excluding hydrogens is 470 g/mol. The molecule has 4 aromatic rings. The van der Waals surface area contributed by atoms with Gasteiger partial charge in [0.05, 0.1) is 25.4 Å². The number of benzene rings is 3. The van der Waals surface area contributed by atoms with Crippen molar-refractivity contribution in [3.05, 3.63) is 78.5 Å². The van der Waals surface area contributed by atoms with E-state index < -0.39 is 0 Å². The average molecular weight is 496 g/mol. The van der Waals surface area contributed by atoms with Crippen molar-refractivity contribution < 1.29 is 23.8 Å². The van der Waals surface area contributed by atoms with E-state index in [0.717, 1.165) is 18.2 Å². The predicted octanol–water partition coefficient (Wildman–Crippen LogP) is 5.89. The van der Waals surface area contributed by atoms with Crippen molar-refractivity contribution in [3.63, 3.8) is 0 Å². The van der Waals surface area contributed by atoms with Gasteiger partial charge in [-0.2, -0.15) is 0 Å². The van der Waals surface area contributed by atoms with E-state index in [-0.39, 0.29) is 18.5 Å². The lowest BCUT2D eigenvalue weighted by Gasteiger charge is -2.18. The summed E-state index contributed by atoms with van der Waals surface area (Å²) >= 11 is 0. The molecule has 1 aliphatic carbocycles. The number of imide groups is 1. The largest absolute Gasteiger partial charge is 0.493 e. The third kappa shape index (κ3) is 4.20. The van der Waals surface area contributed by atoms with Crippen LogP contribution in [0.4, 0.5) is 16.2 Å². The van der Waals surface area contributed by atoms with Crippen LogP contribution >= 0.6 is 0 Å². The van der Waals surface area contributed by atoms with Gasteiger partial charge in [0.1, 0.15) is 18.0 Å². The fourth-order valence-electron chi connectivity index (χ4n) is 4.65. The van der Waals surface area contributed by atoms with Gasteiger partial charge in [-0.1, -0.05) is 12.1 Å². The summed E-state index contributed by atoms with van der Waals surface area (Å²) in [5.41, 5.74) is 3.13. The zero-order valence-electron chi connectivity index (χ0n) is 20.5. The zero-order chi connectivity index (χ0) is 25.5. The number of hydrogen-bond donors (Lipinski definition) is 0. The number of nitrogens with zero attached hydrogens (tertiary/aromatic N) is 3. The molecule has 3 aromatic carbocycles. The van der Waals surface area contributed by atoms with Gasteiger partial charge >= 0.3 is 6.03 Å². The Balaban J connectivity index is 1.23. The van der Waals surface area contributed by atoms with Crippen LogP contribution in [-0.2, 0) is 4.79 Å². The summed E-state index contributed by atoms with van der Waals surface area (Å²) in [5, 5.41) is 0.772. The fraction of sp³-hybridized carbons (Fsp3) is 0.207. The van der Waals surface area contributed by atoms with E-state index in [2.05, 4.69) is 11.1 Å². The number of pyridine rings is 1. The second-order valence-electron chi connectivity index (χ2n) is 9.10. The minimum atomic E-state index is -0.354. The molecule has 37 heavy (non-hydrogen) atoms. The number of carbonyl (C=O) groups is 2. The topological polar surface area (TPSA) is 81.2 Å². The van der Waals surface area contributed by atoms with E-state index in [1.165, 1.54) is 15.4 Å². The van der Waals surface area contributed by atoms with Crippen LogP contribution in [0.15, 0.2) is 72.9 Å². The van der Waals surface area contributed by atoms with Crippen LogP contribution in [0.25, 0.3) is 10.9 Å². The summed E-state index contributed by atoms with van der Waals surface area (Å²) in [4.78, 5) is 33.2. The quantitative estimate of drug-likeness (QED) is 0.297. The maximum absolute atomic E-state index is 13.2. The highest BCUT2D eigenvalue weighted by molar-refractivity contribution is 6.27. The molecule has 0 unspecified atom stereocenters. The number of hydrogen-bond acceptors (Lipinski definition) is 6. The molecule has 1 aromatic heterocycles. The Kier molecular flexibility index (Phi) is 5.64. The molecule has 2 heterocycles. The van der Waals surface area contributed by atoms with E-state index in [9.17, 15) is 9.59 Å². The first-order valence-corrected chi connectivity index (χ1v) is 12.1. The first kappa shape index (κ1) is 22.8. The zero-order valence-corrected chi connectivity index (χ0v) is 20.5. The lowest BCUT2D eigenvalue weighted by atomic mass is 10.1. The lowest BCUT2D eigenvalue weighted by molar-refractivity contribution is -0.115. The monoisotopic (exact) mass is 495 g/mol. The minimum absolute atomic E-state index is 0.0106. The average Bonchev–Trinajstić information content (AvgIpc) is 3.73. The molecule has 186 valence electrons. The van der Waals surface area contributed by atoms with E-state index >= 15 is 0 Å². The van der Waals surface area contributed by atoms with Gasteiger partial charge in [-0.3, -0.25) is 14.7 Å². The first-order valence-electron chi connectivity index (χ1n) is 12.1. The Labute approximate surface area is 214 Å². The van der Waals surface area contributed by atoms with Crippen LogP contribution in [0.3, 0.4) is 0 Å². The summed E-state index contributed by atoms with van der Waals surface area (Å²) < 4.78 is 16.9. The maximum atomic E-state index is 13.2. The Morgan fingerprint density at radius 2 is 1.59 bits per heavy atom. The number of fused-ring (bicyclic) bond motifs is 1. The second-order valence-corrected chi connectivity index (χ2v) is 9.10. The van der Waals surface area contributed by atoms with Gasteiger partial charge in [-0.15, -0.1) is 0 Å². The van der Waals surface area contributed by atoms with Crippen molar-refractivity contribution in [1.29, 1.82) is 0 Å². The lowest BCUT2D eigenvalue weighted by Crippen LogP contribution is -2.33. The smallest absolute Gasteiger partial charge is 0.336 e. The van der Waals surface area contributed by atoms with Crippen molar-refractivity contribution in [2.45, 2.75) is 18.8 Å². The molecule has 2 fully saturated rings. The molecule has 0 N–H and O–H groups in total. The number of amides is 3. The summed E-state index contributed by atoms with van der Waals surface area (Å²) in [7, 11) is 3.16. The molecular formula is C29H25N3O5.